The fourth-order valence-corrected chi connectivity index (χ4v) is 3.77. The van der Waals surface area contributed by atoms with Gasteiger partial charge in [-0.3, -0.25) is 9.69 Å². The molecule has 1 N–H and O–H groups in total. The zero-order valence-corrected chi connectivity index (χ0v) is 13.1. The summed E-state index contributed by atoms with van der Waals surface area (Å²) >= 11 is 0. The van der Waals surface area contributed by atoms with Crippen LogP contribution in [0.5, 0.6) is 0 Å². The van der Waals surface area contributed by atoms with Gasteiger partial charge in [0.05, 0.1) is 19.3 Å². The predicted molar refractivity (Wildman–Crippen MR) is 82.2 cm³/mol. The van der Waals surface area contributed by atoms with Crippen molar-refractivity contribution in [1.82, 2.24) is 15.1 Å². The van der Waals surface area contributed by atoms with E-state index in [1.165, 1.54) is 19.4 Å². The second-order valence-electron chi connectivity index (χ2n) is 6.68. The Kier molecular flexibility index (Phi) is 5.49. The number of piperidine rings is 2. The monoisotopic (exact) mass is 295 g/mol. The van der Waals surface area contributed by atoms with Crippen LogP contribution in [0.1, 0.15) is 32.1 Å². The normalized spacial score (nSPS) is 29.5. The highest BCUT2D eigenvalue weighted by molar-refractivity contribution is 5.82. The van der Waals surface area contributed by atoms with E-state index in [0.29, 0.717) is 5.91 Å². The molecule has 1 amide bonds. The van der Waals surface area contributed by atoms with E-state index in [1.54, 1.807) is 0 Å². The van der Waals surface area contributed by atoms with E-state index in [2.05, 4.69) is 15.1 Å². The molecule has 120 valence electrons. The number of hydrogen-bond acceptors (Lipinski definition) is 4. The van der Waals surface area contributed by atoms with Crippen molar-refractivity contribution in [2.45, 2.75) is 38.1 Å². The Labute approximate surface area is 128 Å². The van der Waals surface area contributed by atoms with Crippen LogP contribution >= 0.6 is 0 Å². The van der Waals surface area contributed by atoms with Crippen LogP contribution in [-0.4, -0.2) is 74.2 Å². The van der Waals surface area contributed by atoms with E-state index in [1.807, 2.05) is 0 Å². The van der Waals surface area contributed by atoms with Gasteiger partial charge in [-0.25, -0.2) is 0 Å². The number of likely N-dealkylation sites (tertiary alicyclic amines) is 1. The maximum absolute atomic E-state index is 12.5. The van der Waals surface area contributed by atoms with Gasteiger partial charge in [0.2, 0.25) is 5.91 Å². The molecule has 0 spiro atoms. The van der Waals surface area contributed by atoms with Crippen molar-refractivity contribution in [2.24, 2.45) is 5.92 Å². The van der Waals surface area contributed by atoms with Gasteiger partial charge in [-0.2, -0.15) is 0 Å². The second kappa shape index (κ2) is 7.56. The Bertz CT molecular complexity index is 330. The van der Waals surface area contributed by atoms with Crippen molar-refractivity contribution in [3.8, 4) is 0 Å². The summed E-state index contributed by atoms with van der Waals surface area (Å²) < 4.78 is 5.40. The first-order chi connectivity index (χ1) is 10.3. The fourth-order valence-electron chi connectivity index (χ4n) is 3.77. The van der Waals surface area contributed by atoms with Crippen LogP contribution in [0.15, 0.2) is 0 Å². The summed E-state index contributed by atoms with van der Waals surface area (Å²) in [4.78, 5) is 17.1. The van der Waals surface area contributed by atoms with E-state index in [-0.39, 0.29) is 6.04 Å². The second-order valence-corrected chi connectivity index (χ2v) is 6.68. The third kappa shape index (κ3) is 4.18. The highest BCUT2D eigenvalue weighted by atomic mass is 16.5. The summed E-state index contributed by atoms with van der Waals surface area (Å²) in [7, 11) is 0. The Hall–Kier alpha value is -0.650. The predicted octanol–water partition coefficient (Wildman–Crippen LogP) is 0.699. The highest BCUT2D eigenvalue weighted by Gasteiger charge is 2.29. The average Bonchev–Trinajstić information content (AvgIpc) is 2.57. The summed E-state index contributed by atoms with van der Waals surface area (Å²) in [5.41, 5.74) is 0. The first-order valence-electron chi connectivity index (χ1n) is 8.65. The Balaban J connectivity index is 1.40. The molecular weight excluding hydrogens is 266 g/mol. The molecule has 0 radical (unpaired) electrons. The zero-order chi connectivity index (χ0) is 14.5. The molecule has 0 unspecified atom stereocenters. The summed E-state index contributed by atoms with van der Waals surface area (Å²) in [6.45, 7) is 8.00. The molecule has 3 heterocycles. The molecule has 3 rings (SSSR count). The molecule has 21 heavy (non-hydrogen) atoms. The van der Waals surface area contributed by atoms with Crippen molar-refractivity contribution < 1.29 is 9.53 Å². The van der Waals surface area contributed by atoms with Crippen molar-refractivity contribution in [2.75, 3.05) is 52.5 Å². The van der Waals surface area contributed by atoms with Gasteiger partial charge in [0, 0.05) is 32.7 Å². The van der Waals surface area contributed by atoms with Crippen molar-refractivity contribution in [3.05, 3.63) is 0 Å². The van der Waals surface area contributed by atoms with Gasteiger partial charge in [0.1, 0.15) is 0 Å². The van der Waals surface area contributed by atoms with Gasteiger partial charge >= 0.3 is 0 Å². The largest absolute Gasteiger partial charge is 0.379 e. The number of hydrogen-bond donors (Lipinski definition) is 1. The molecule has 3 saturated heterocycles. The number of rotatable bonds is 3. The Morgan fingerprint density at radius 1 is 1.05 bits per heavy atom. The maximum Gasteiger partial charge on any atom is 0.239 e. The molecule has 0 aromatic carbocycles. The number of carbonyl (C=O) groups is 1. The quantitative estimate of drug-likeness (QED) is 0.832. The Morgan fingerprint density at radius 2 is 1.81 bits per heavy atom. The summed E-state index contributed by atoms with van der Waals surface area (Å²) in [6.07, 6.45) is 5.75. The van der Waals surface area contributed by atoms with Gasteiger partial charge in [0.15, 0.2) is 0 Å². The van der Waals surface area contributed by atoms with E-state index >= 15 is 0 Å². The number of morpholine rings is 1. The molecule has 0 bridgehead atoms. The third-order valence-electron chi connectivity index (χ3n) is 5.15. The smallest absolute Gasteiger partial charge is 0.239 e. The molecule has 0 saturated carbocycles. The molecule has 3 aliphatic heterocycles. The summed E-state index contributed by atoms with van der Waals surface area (Å²) in [5.74, 6) is 1.10. The Morgan fingerprint density at radius 3 is 2.48 bits per heavy atom. The molecule has 5 nitrogen and oxygen atoms in total. The van der Waals surface area contributed by atoms with Gasteiger partial charge in [-0.1, -0.05) is 6.42 Å². The van der Waals surface area contributed by atoms with Gasteiger partial charge in [-0.15, -0.1) is 0 Å². The van der Waals surface area contributed by atoms with Gasteiger partial charge in [0.25, 0.3) is 0 Å². The van der Waals surface area contributed by atoms with E-state index in [4.69, 9.17) is 4.74 Å². The van der Waals surface area contributed by atoms with Crippen LogP contribution in [0.4, 0.5) is 0 Å². The van der Waals surface area contributed by atoms with Gasteiger partial charge < -0.3 is 15.0 Å². The van der Waals surface area contributed by atoms with Crippen molar-refractivity contribution in [3.63, 3.8) is 0 Å². The zero-order valence-electron chi connectivity index (χ0n) is 13.1. The van der Waals surface area contributed by atoms with Gasteiger partial charge in [-0.05, 0) is 38.1 Å². The van der Waals surface area contributed by atoms with E-state index in [0.717, 1.165) is 71.1 Å². The minimum absolute atomic E-state index is 0.0922. The maximum atomic E-state index is 12.5. The lowest BCUT2D eigenvalue weighted by molar-refractivity contribution is -0.135. The molecule has 0 aromatic rings. The van der Waals surface area contributed by atoms with Crippen LogP contribution in [0.3, 0.4) is 0 Å². The lowest BCUT2D eigenvalue weighted by atomic mass is 9.94. The molecule has 1 atom stereocenters. The molecule has 0 aromatic heterocycles. The lowest BCUT2D eigenvalue weighted by Crippen LogP contribution is -2.51. The van der Waals surface area contributed by atoms with Crippen LogP contribution < -0.4 is 5.32 Å². The molecule has 0 aliphatic carbocycles. The summed E-state index contributed by atoms with van der Waals surface area (Å²) in [6, 6.07) is 0.0922. The minimum atomic E-state index is 0.0922. The van der Waals surface area contributed by atoms with Crippen molar-refractivity contribution in [1.29, 1.82) is 0 Å². The van der Waals surface area contributed by atoms with Crippen LogP contribution in [0.25, 0.3) is 0 Å². The average molecular weight is 295 g/mol. The SMILES string of the molecule is O=C([C@H]1CCCCN1)N1CCC(CN2CCOCC2)CC1. The first kappa shape index (κ1) is 15.3. The molecule has 5 heteroatoms. The number of ether oxygens (including phenoxy) is 1. The number of amides is 1. The minimum Gasteiger partial charge on any atom is -0.379 e. The highest BCUT2D eigenvalue weighted by Crippen LogP contribution is 2.21. The first-order valence-corrected chi connectivity index (χ1v) is 8.65. The molecule has 3 fully saturated rings. The van der Waals surface area contributed by atoms with Crippen LogP contribution in [0.2, 0.25) is 0 Å². The van der Waals surface area contributed by atoms with Crippen LogP contribution in [-0.2, 0) is 9.53 Å². The third-order valence-corrected chi connectivity index (χ3v) is 5.15. The number of carbonyl (C=O) groups excluding carboxylic acids is 1. The van der Waals surface area contributed by atoms with Crippen LogP contribution in [0, 0.1) is 5.92 Å². The number of nitrogens with zero attached hydrogens (tertiary/aromatic N) is 2. The molecular formula is C16H29N3O2. The fraction of sp³-hybridized carbons (Fsp3) is 0.938. The van der Waals surface area contributed by atoms with E-state index < -0.39 is 0 Å². The number of nitrogens with one attached hydrogen (secondary N) is 1. The topological polar surface area (TPSA) is 44.8 Å². The lowest BCUT2D eigenvalue weighted by Gasteiger charge is -2.37. The van der Waals surface area contributed by atoms with Crippen molar-refractivity contribution >= 4 is 5.91 Å². The summed E-state index contributed by atoms with van der Waals surface area (Å²) in [5, 5.41) is 3.38. The molecule has 3 aliphatic rings. The standard InChI is InChI=1S/C16H29N3O2/c20-16(15-3-1-2-6-17-15)19-7-4-14(5-8-19)13-18-9-11-21-12-10-18/h14-15,17H,1-13H2/t15-/m1/s1. The van der Waals surface area contributed by atoms with E-state index in [9.17, 15) is 4.79 Å².